The van der Waals surface area contributed by atoms with Gasteiger partial charge in [0.2, 0.25) is 17.7 Å². The minimum Gasteiger partial charge on any atom is -0.460 e. The summed E-state index contributed by atoms with van der Waals surface area (Å²) in [5.41, 5.74) is 4.30. The molecule has 1 unspecified atom stereocenters. The van der Waals surface area contributed by atoms with Gasteiger partial charge in [-0.25, -0.2) is 19.2 Å². The first kappa shape index (κ1) is 56.8. The van der Waals surface area contributed by atoms with E-state index < -0.39 is 121 Å². The number of nitrogens with one attached hydrogen (secondary N) is 5. The maximum atomic E-state index is 14.1. The predicted molar refractivity (Wildman–Crippen MR) is 237 cm³/mol. The molecule has 0 saturated carbocycles. The standard InChI is InChI=1S/C45H70N6O14/c1-13-19-61-41(58)50-33(40(57)64-44(7,8)9)23-35(53)63-28(6)36(51-42(59)62-25-29-17-15-14-16-18-29)39(56)47-24-30(38(55)48-32(37(46)54)21-27(4)5)22-34(52)31(20-26(2)3)49-43(60)65-45(10,11)12/h13-18,26-28,30-33,36H,1,19-25H2,2-12H3,(H2,46,54)(H,47,56)(H,48,55)(H,49,60)(H,50,58)(H,51,59)/t28-,30?,31+,32+,33+,36+/m1/s1. The molecule has 1 rings (SSSR count). The third kappa shape index (κ3) is 24.4. The van der Waals surface area contributed by atoms with Crippen LogP contribution in [0.1, 0.15) is 107 Å². The van der Waals surface area contributed by atoms with Gasteiger partial charge in [0.25, 0.3) is 0 Å². The Labute approximate surface area is 381 Å². The van der Waals surface area contributed by atoms with Crippen LogP contribution in [-0.4, -0.2) is 108 Å². The number of amides is 6. The number of ether oxygens (including phenoxy) is 5. The molecular formula is C45H70N6O14. The van der Waals surface area contributed by atoms with Gasteiger partial charge in [0.15, 0.2) is 5.78 Å². The van der Waals surface area contributed by atoms with Crippen molar-refractivity contribution in [3.63, 3.8) is 0 Å². The summed E-state index contributed by atoms with van der Waals surface area (Å²) in [6.07, 6.45) is -4.30. The third-order valence-electron chi connectivity index (χ3n) is 8.74. The molecular weight excluding hydrogens is 849 g/mol. The number of carbonyl (C=O) groups is 9. The minimum atomic E-state index is -1.73. The van der Waals surface area contributed by atoms with Gasteiger partial charge in [-0.2, -0.15) is 0 Å². The predicted octanol–water partition coefficient (Wildman–Crippen LogP) is 3.87. The smallest absolute Gasteiger partial charge is 0.408 e. The molecule has 0 heterocycles. The van der Waals surface area contributed by atoms with Crippen molar-refractivity contribution < 1.29 is 66.8 Å². The molecule has 20 nitrogen and oxygen atoms in total. The normalized spacial score (nSPS) is 14.2. The first-order valence-electron chi connectivity index (χ1n) is 21.4. The Hall–Kier alpha value is -6.21. The summed E-state index contributed by atoms with van der Waals surface area (Å²) in [4.78, 5) is 119. The largest absolute Gasteiger partial charge is 0.460 e. The summed E-state index contributed by atoms with van der Waals surface area (Å²) in [5.74, 6) is -6.95. The van der Waals surface area contributed by atoms with Crippen molar-refractivity contribution in [2.24, 2.45) is 23.5 Å². The monoisotopic (exact) mass is 918 g/mol. The first-order chi connectivity index (χ1) is 30.1. The molecule has 0 aliphatic heterocycles. The van der Waals surface area contributed by atoms with E-state index in [9.17, 15) is 43.2 Å². The van der Waals surface area contributed by atoms with E-state index in [2.05, 4.69) is 33.2 Å². The fourth-order valence-corrected chi connectivity index (χ4v) is 5.84. The molecule has 0 fully saturated rings. The number of nitrogens with two attached hydrogens (primary N) is 1. The molecule has 364 valence electrons. The summed E-state index contributed by atoms with van der Waals surface area (Å²) in [7, 11) is 0. The molecule has 65 heavy (non-hydrogen) atoms. The van der Waals surface area contributed by atoms with E-state index >= 15 is 0 Å². The number of benzene rings is 1. The Kier molecular flexibility index (Phi) is 23.8. The lowest BCUT2D eigenvalue weighted by atomic mass is 9.92. The molecule has 1 aromatic carbocycles. The molecule has 6 atom stereocenters. The zero-order valence-corrected chi connectivity index (χ0v) is 39.5. The van der Waals surface area contributed by atoms with Crippen LogP contribution in [0.15, 0.2) is 43.0 Å². The number of hydrogen-bond acceptors (Lipinski definition) is 14. The number of primary amides is 1. The molecule has 0 spiro atoms. The van der Waals surface area contributed by atoms with Crippen LogP contribution in [0.4, 0.5) is 14.4 Å². The minimum absolute atomic E-state index is 0.0833. The fourth-order valence-electron chi connectivity index (χ4n) is 5.84. The van der Waals surface area contributed by atoms with Gasteiger partial charge in [-0.1, -0.05) is 70.7 Å². The van der Waals surface area contributed by atoms with Crippen molar-refractivity contribution in [1.29, 1.82) is 0 Å². The molecule has 0 saturated heterocycles. The highest BCUT2D eigenvalue weighted by molar-refractivity contribution is 5.94. The van der Waals surface area contributed by atoms with E-state index in [1.807, 2.05) is 13.8 Å². The number of ketones is 1. The lowest BCUT2D eigenvalue weighted by Gasteiger charge is -2.28. The van der Waals surface area contributed by atoms with Crippen molar-refractivity contribution >= 4 is 53.7 Å². The Morgan fingerprint density at radius 1 is 0.677 bits per heavy atom. The van der Waals surface area contributed by atoms with Crippen LogP contribution in [0.5, 0.6) is 0 Å². The van der Waals surface area contributed by atoms with Crippen LogP contribution in [-0.2, 0) is 59.1 Å². The van der Waals surface area contributed by atoms with E-state index in [4.69, 9.17) is 29.4 Å². The van der Waals surface area contributed by atoms with Crippen molar-refractivity contribution in [2.45, 2.75) is 150 Å². The molecule has 0 bridgehead atoms. The number of Topliss-reactive ketones (excluding diaryl/α,β-unsaturated/α-hetero) is 1. The lowest BCUT2D eigenvalue weighted by molar-refractivity contribution is -0.162. The summed E-state index contributed by atoms with van der Waals surface area (Å²) in [5, 5.41) is 12.3. The third-order valence-corrected chi connectivity index (χ3v) is 8.74. The zero-order valence-electron chi connectivity index (χ0n) is 39.5. The summed E-state index contributed by atoms with van der Waals surface area (Å²) in [6, 6.07) is 2.98. The van der Waals surface area contributed by atoms with Gasteiger partial charge in [0.1, 0.15) is 48.6 Å². The maximum absolute atomic E-state index is 14.1. The second-order valence-electron chi connectivity index (χ2n) is 18.2. The quantitative estimate of drug-likeness (QED) is 0.0462. The average molecular weight is 919 g/mol. The highest BCUT2D eigenvalue weighted by atomic mass is 16.6. The van der Waals surface area contributed by atoms with E-state index in [-0.39, 0.29) is 37.9 Å². The number of esters is 2. The zero-order chi connectivity index (χ0) is 49.7. The highest BCUT2D eigenvalue weighted by Crippen LogP contribution is 2.17. The number of rotatable bonds is 25. The van der Waals surface area contributed by atoms with E-state index in [0.717, 1.165) is 0 Å². The van der Waals surface area contributed by atoms with Crippen molar-refractivity contribution in [3.8, 4) is 0 Å². The van der Waals surface area contributed by atoms with Crippen LogP contribution < -0.4 is 32.3 Å². The van der Waals surface area contributed by atoms with Crippen molar-refractivity contribution in [1.82, 2.24) is 26.6 Å². The number of hydrogen-bond donors (Lipinski definition) is 6. The first-order valence-corrected chi connectivity index (χ1v) is 21.4. The Morgan fingerprint density at radius 2 is 1.23 bits per heavy atom. The van der Waals surface area contributed by atoms with Gasteiger partial charge in [0.05, 0.1) is 18.4 Å². The second-order valence-corrected chi connectivity index (χ2v) is 18.2. The van der Waals surface area contributed by atoms with Crippen molar-refractivity contribution in [2.75, 3.05) is 13.2 Å². The summed E-state index contributed by atoms with van der Waals surface area (Å²) < 4.78 is 26.5. The Balaban J connectivity index is 3.55. The molecule has 1 aromatic rings. The van der Waals surface area contributed by atoms with E-state index in [1.54, 1.807) is 85.7 Å². The van der Waals surface area contributed by atoms with Crippen LogP contribution in [0, 0.1) is 17.8 Å². The van der Waals surface area contributed by atoms with Gasteiger partial charge in [-0.05, 0) is 78.7 Å². The Morgan fingerprint density at radius 3 is 1.77 bits per heavy atom. The van der Waals surface area contributed by atoms with Crippen LogP contribution >= 0.6 is 0 Å². The molecule has 0 radical (unpaired) electrons. The maximum Gasteiger partial charge on any atom is 0.408 e. The van der Waals surface area contributed by atoms with Gasteiger partial charge in [0, 0.05) is 13.0 Å². The number of carbonyl (C=O) groups excluding carboxylic acids is 9. The van der Waals surface area contributed by atoms with Gasteiger partial charge >= 0.3 is 30.2 Å². The van der Waals surface area contributed by atoms with E-state index in [1.165, 1.54) is 13.0 Å². The molecule has 0 aromatic heterocycles. The van der Waals surface area contributed by atoms with Crippen LogP contribution in [0.2, 0.25) is 0 Å². The van der Waals surface area contributed by atoms with Crippen LogP contribution in [0.3, 0.4) is 0 Å². The Bertz CT molecular complexity index is 1790. The van der Waals surface area contributed by atoms with E-state index in [0.29, 0.717) is 5.56 Å². The molecule has 7 N–H and O–H groups in total. The summed E-state index contributed by atoms with van der Waals surface area (Å²) >= 11 is 0. The van der Waals surface area contributed by atoms with Crippen molar-refractivity contribution in [3.05, 3.63) is 48.6 Å². The number of alkyl carbamates (subject to hydrolysis) is 3. The SMILES string of the molecule is C=CCOC(=O)N[C@@H](CC(=O)O[C@H](C)[C@H](NC(=O)OCc1ccccc1)C(=O)NCC(CC(=O)[C@H](CC(C)C)NC(=O)OC(C)(C)C)C(=O)N[C@@H](CC(C)C)C(N)=O)C(=O)OC(C)(C)C. The lowest BCUT2D eigenvalue weighted by Crippen LogP contribution is -2.56. The summed E-state index contributed by atoms with van der Waals surface area (Å²) in [6.45, 7) is 20.6. The molecule has 20 heteroatoms. The highest BCUT2D eigenvalue weighted by Gasteiger charge is 2.36. The average Bonchev–Trinajstić information content (AvgIpc) is 3.17. The fraction of sp³-hybridized carbons (Fsp3) is 0.622. The molecule has 0 aliphatic carbocycles. The van der Waals surface area contributed by atoms with Gasteiger partial charge in [-0.15, -0.1) is 0 Å². The molecule has 0 aliphatic rings. The van der Waals surface area contributed by atoms with Crippen LogP contribution in [0.25, 0.3) is 0 Å². The topological polar surface area (TPSA) is 286 Å². The molecule has 6 amide bonds. The van der Waals surface area contributed by atoms with Gasteiger partial charge in [-0.3, -0.25) is 24.0 Å². The second kappa shape index (κ2) is 27.2. The van der Waals surface area contributed by atoms with Gasteiger partial charge < -0.3 is 56.0 Å².